The van der Waals surface area contributed by atoms with Gasteiger partial charge in [0.15, 0.2) is 0 Å². The van der Waals surface area contributed by atoms with Crippen molar-refractivity contribution in [2.24, 2.45) is 0 Å². The van der Waals surface area contributed by atoms with Crippen LogP contribution in [0, 0.1) is 12.7 Å². The van der Waals surface area contributed by atoms with Crippen LogP contribution in [0.1, 0.15) is 57.6 Å². The van der Waals surface area contributed by atoms with E-state index in [9.17, 15) is 22.4 Å². The van der Waals surface area contributed by atoms with Crippen LogP contribution >= 0.6 is 11.6 Å². The third kappa shape index (κ3) is 8.71. The number of hydrogen-bond donors (Lipinski definition) is 1. The Balaban J connectivity index is 2.25. The standard InChI is InChI=1S/C27H37ClFN3O4S/c1-6-19(3)30-27(34)24(7-2)31(18-21-13-15-22(29)16-14-21)26(33)12-9-17-32(37(5,35)36)25-11-8-10-23(28)20(25)4/h8,10-11,13-16,19,24H,6-7,9,12,17-18H2,1-5H3,(H,30,34)/t19-,24+/m1/s1. The average Bonchev–Trinajstić information content (AvgIpc) is 2.84. The Labute approximate surface area is 225 Å². The molecule has 7 nitrogen and oxygen atoms in total. The van der Waals surface area contributed by atoms with Gasteiger partial charge in [-0.1, -0.05) is 43.6 Å². The second-order valence-electron chi connectivity index (χ2n) is 9.21. The van der Waals surface area contributed by atoms with Crippen LogP contribution in [0.15, 0.2) is 42.5 Å². The van der Waals surface area contributed by atoms with E-state index in [1.807, 2.05) is 20.8 Å². The maximum Gasteiger partial charge on any atom is 0.243 e. The third-order valence-corrected chi connectivity index (χ3v) is 7.90. The lowest BCUT2D eigenvalue weighted by Crippen LogP contribution is -2.50. The van der Waals surface area contributed by atoms with Gasteiger partial charge >= 0.3 is 0 Å². The van der Waals surface area contributed by atoms with E-state index in [1.54, 1.807) is 37.3 Å². The van der Waals surface area contributed by atoms with E-state index in [4.69, 9.17) is 11.6 Å². The van der Waals surface area contributed by atoms with Crippen molar-refractivity contribution in [3.8, 4) is 0 Å². The summed E-state index contributed by atoms with van der Waals surface area (Å²) in [6.07, 6.45) is 2.52. The number of sulfonamides is 1. The molecular formula is C27H37ClFN3O4S. The molecule has 0 aromatic heterocycles. The van der Waals surface area contributed by atoms with Crippen LogP contribution in [0.3, 0.4) is 0 Å². The van der Waals surface area contributed by atoms with Crippen molar-refractivity contribution in [3.63, 3.8) is 0 Å². The highest BCUT2D eigenvalue weighted by Gasteiger charge is 2.29. The Morgan fingerprint density at radius 1 is 1.08 bits per heavy atom. The van der Waals surface area contributed by atoms with E-state index in [0.717, 1.165) is 12.7 Å². The van der Waals surface area contributed by atoms with Crippen molar-refractivity contribution in [2.75, 3.05) is 17.1 Å². The summed E-state index contributed by atoms with van der Waals surface area (Å²) in [5.41, 5.74) is 1.79. The molecule has 2 amide bonds. The largest absolute Gasteiger partial charge is 0.352 e. The summed E-state index contributed by atoms with van der Waals surface area (Å²) in [7, 11) is -3.63. The summed E-state index contributed by atoms with van der Waals surface area (Å²) in [5, 5.41) is 3.39. The first kappa shape index (κ1) is 30.6. The lowest BCUT2D eigenvalue weighted by Gasteiger charge is -2.32. The molecule has 204 valence electrons. The molecule has 10 heteroatoms. The molecule has 2 rings (SSSR count). The quantitative estimate of drug-likeness (QED) is 0.376. The van der Waals surface area contributed by atoms with Crippen molar-refractivity contribution in [1.82, 2.24) is 10.2 Å². The molecule has 0 heterocycles. The molecule has 0 spiro atoms. The first-order valence-electron chi connectivity index (χ1n) is 12.5. The van der Waals surface area contributed by atoms with Crippen LogP contribution in [0.2, 0.25) is 5.02 Å². The van der Waals surface area contributed by atoms with E-state index in [2.05, 4.69) is 5.32 Å². The van der Waals surface area contributed by atoms with E-state index < -0.39 is 16.1 Å². The number of carbonyl (C=O) groups excluding carboxylic acids is 2. The molecule has 2 aromatic carbocycles. The van der Waals surface area contributed by atoms with Crippen LogP contribution in [-0.2, 0) is 26.2 Å². The first-order chi connectivity index (χ1) is 17.4. The molecule has 0 aliphatic heterocycles. The van der Waals surface area contributed by atoms with Gasteiger partial charge in [0.05, 0.1) is 11.9 Å². The minimum Gasteiger partial charge on any atom is -0.352 e. The Kier molecular flexibility index (Phi) is 11.4. The summed E-state index contributed by atoms with van der Waals surface area (Å²) in [4.78, 5) is 28.0. The van der Waals surface area contributed by atoms with Crippen LogP contribution < -0.4 is 9.62 Å². The van der Waals surface area contributed by atoms with Gasteiger partial charge in [0, 0.05) is 30.6 Å². The summed E-state index contributed by atoms with van der Waals surface area (Å²) in [6.45, 7) is 7.64. The SMILES string of the molecule is CC[C@@H](C)NC(=O)[C@H](CC)N(Cc1ccc(F)cc1)C(=O)CCCN(c1cccc(Cl)c1C)S(C)(=O)=O. The number of nitrogens with zero attached hydrogens (tertiary/aromatic N) is 2. The minimum atomic E-state index is -3.63. The van der Waals surface area contributed by atoms with Gasteiger partial charge in [-0.25, -0.2) is 12.8 Å². The number of nitrogens with one attached hydrogen (secondary N) is 1. The van der Waals surface area contributed by atoms with E-state index in [1.165, 1.54) is 21.3 Å². The van der Waals surface area contributed by atoms with Crippen LogP contribution in [-0.4, -0.2) is 50.0 Å². The zero-order valence-electron chi connectivity index (χ0n) is 22.1. The van der Waals surface area contributed by atoms with Gasteiger partial charge in [0.1, 0.15) is 11.9 Å². The van der Waals surface area contributed by atoms with Gasteiger partial charge in [-0.3, -0.25) is 13.9 Å². The summed E-state index contributed by atoms with van der Waals surface area (Å²) < 4.78 is 39.8. The molecule has 2 aromatic rings. The van der Waals surface area contributed by atoms with Gasteiger partial charge in [0.25, 0.3) is 0 Å². The van der Waals surface area contributed by atoms with E-state index in [-0.39, 0.29) is 49.6 Å². The first-order valence-corrected chi connectivity index (χ1v) is 14.7. The third-order valence-electron chi connectivity index (χ3n) is 6.31. The number of halogens is 2. The molecule has 1 N–H and O–H groups in total. The average molecular weight is 554 g/mol. The van der Waals surface area contributed by atoms with Gasteiger partial charge in [-0.2, -0.15) is 0 Å². The van der Waals surface area contributed by atoms with Crippen molar-refractivity contribution in [2.45, 2.75) is 72.0 Å². The fourth-order valence-corrected chi connectivity index (χ4v) is 5.18. The van der Waals surface area contributed by atoms with Crippen LogP contribution in [0.4, 0.5) is 10.1 Å². The lowest BCUT2D eigenvalue weighted by atomic mass is 10.1. The number of anilines is 1. The Hall–Kier alpha value is -2.65. The second kappa shape index (κ2) is 13.8. The highest BCUT2D eigenvalue weighted by Crippen LogP contribution is 2.28. The molecule has 0 radical (unpaired) electrons. The number of benzene rings is 2. The van der Waals surface area contributed by atoms with Gasteiger partial charge in [-0.05, 0) is 68.5 Å². The minimum absolute atomic E-state index is 0.0277. The monoisotopic (exact) mass is 553 g/mol. The van der Waals surface area contributed by atoms with Gasteiger partial charge in [0.2, 0.25) is 21.8 Å². The summed E-state index contributed by atoms with van der Waals surface area (Å²) in [6, 6.07) is 10.1. The Morgan fingerprint density at radius 3 is 2.30 bits per heavy atom. The number of amides is 2. The zero-order chi connectivity index (χ0) is 27.8. The molecular weight excluding hydrogens is 517 g/mol. The highest BCUT2D eigenvalue weighted by molar-refractivity contribution is 7.92. The lowest BCUT2D eigenvalue weighted by molar-refractivity contribution is -0.141. The molecule has 0 saturated heterocycles. The second-order valence-corrected chi connectivity index (χ2v) is 11.5. The molecule has 0 aliphatic rings. The molecule has 0 bridgehead atoms. The molecule has 37 heavy (non-hydrogen) atoms. The summed E-state index contributed by atoms with van der Waals surface area (Å²) in [5.74, 6) is -0.924. The van der Waals surface area contributed by atoms with Crippen molar-refractivity contribution >= 4 is 39.1 Å². The van der Waals surface area contributed by atoms with E-state index >= 15 is 0 Å². The van der Waals surface area contributed by atoms with E-state index in [0.29, 0.717) is 28.3 Å². The van der Waals surface area contributed by atoms with Gasteiger partial charge < -0.3 is 10.2 Å². The fourth-order valence-electron chi connectivity index (χ4n) is 4.00. The fraction of sp³-hybridized carbons (Fsp3) is 0.481. The predicted octanol–water partition coefficient (Wildman–Crippen LogP) is 5.06. The smallest absolute Gasteiger partial charge is 0.243 e. The predicted molar refractivity (Wildman–Crippen MR) is 147 cm³/mol. The van der Waals surface area contributed by atoms with Gasteiger partial charge in [-0.15, -0.1) is 0 Å². The topological polar surface area (TPSA) is 86.8 Å². The maximum atomic E-state index is 13.4. The van der Waals surface area contributed by atoms with Crippen molar-refractivity contribution in [3.05, 3.63) is 64.4 Å². The Morgan fingerprint density at radius 2 is 1.73 bits per heavy atom. The van der Waals surface area contributed by atoms with Crippen LogP contribution in [0.5, 0.6) is 0 Å². The highest BCUT2D eigenvalue weighted by atomic mass is 35.5. The molecule has 0 saturated carbocycles. The van der Waals surface area contributed by atoms with Crippen molar-refractivity contribution in [1.29, 1.82) is 0 Å². The van der Waals surface area contributed by atoms with Crippen LogP contribution in [0.25, 0.3) is 0 Å². The number of hydrogen-bond acceptors (Lipinski definition) is 4. The zero-order valence-corrected chi connectivity index (χ0v) is 23.7. The number of carbonyl (C=O) groups is 2. The molecule has 0 fully saturated rings. The van der Waals surface area contributed by atoms with Crippen molar-refractivity contribution < 1.29 is 22.4 Å². The number of rotatable bonds is 13. The summed E-state index contributed by atoms with van der Waals surface area (Å²) >= 11 is 6.20. The molecule has 0 unspecified atom stereocenters. The molecule has 2 atom stereocenters. The molecule has 0 aliphatic carbocycles. The Bertz CT molecular complexity index is 1170. The normalized spacial score (nSPS) is 13.1. The maximum absolute atomic E-state index is 13.4.